The van der Waals surface area contributed by atoms with Gasteiger partial charge in [0.15, 0.2) is 0 Å². The van der Waals surface area contributed by atoms with E-state index in [-0.39, 0.29) is 5.92 Å². The van der Waals surface area contributed by atoms with Gasteiger partial charge >= 0.3 is 5.97 Å². The summed E-state index contributed by atoms with van der Waals surface area (Å²) < 4.78 is 0. The van der Waals surface area contributed by atoms with Crippen LogP contribution < -0.4 is 16.4 Å². The molecule has 7 N–H and O–H groups in total. The van der Waals surface area contributed by atoms with Crippen molar-refractivity contribution in [3.63, 3.8) is 0 Å². The van der Waals surface area contributed by atoms with E-state index >= 15 is 0 Å². The van der Waals surface area contributed by atoms with E-state index in [0.717, 1.165) is 0 Å². The van der Waals surface area contributed by atoms with Crippen molar-refractivity contribution in [3.8, 4) is 0 Å². The predicted octanol–water partition coefficient (Wildman–Crippen LogP) is -2.99. The summed E-state index contributed by atoms with van der Waals surface area (Å²) in [5.74, 6) is -3.20. The molecule has 3 unspecified atom stereocenters. The molecule has 9 nitrogen and oxygen atoms in total. The molecule has 0 heterocycles. The van der Waals surface area contributed by atoms with Crippen LogP contribution in [0.15, 0.2) is 0 Å². The molecule has 0 aliphatic carbocycles. The second-order valence-electron chi connectivity index (χ2n) is 4.60. The minimum atomic E-state index is -1.45. The molecule has 0 spiro atoms. The summed E-state index contributed by atoms with van der Waals surface area (Å²) in [5.41, 5.74) is 5.31. The molecule has 0 radical (unpaired) electrons. The van der Waals surface area contributed by atoms with Gasteiger partial charge in [0.2, 0.25) is 11.8 Å². The number of aliphatic carboxylic acids is 1. The van der Waals surface area contributed by atoms with Crippen molar-refractivity contribution in [1.82, 2.24) is 10.6 Å². The van der Waals surface area contributed by atoms with E-state index in [0.29, 0.717) is 0 Å². The van der Waals surface area contributed by atoms with E-state index in [1.54, 1.807) is 13.8 Å². The van der Waals surface area contributed by atoms with Gasteiger partial charge < -0.3 is 31.7 Å². The Kier molecular flexibility index (Phi) is 7.74. The number of carboxylic acids is 1. The van der Waals surface area contributed by atoms with Crippen molar-refractivity contribution in [2.24, 2.45) is 11.7 Å². The van der Waals surface area contributed by atoms with Gasteiger partial charge in [-0.3, -0.25) is 9.59 Å². The van der Waals surface area contributed by atoms with Gasteiger partial charge in [-0.1, -0.05) is 13.8 Å². The minimum absolute atomic E-state index is 0.335. The van der Waals surface area contributed by atoms with E-state index in [9.17, 15) is 14.4 Å². The smallest absolute Gasteiger partial charge is 0.328 e. The van der Waals surface area contributed by atoms with Crippen molar-refractivity contribution in [3.05, 3.63) is 0 Å². The first-order valence-corrected chi connectivity index (χ1v) is 6.05. The Balaban J connectivity index is 4.79. The van der Waals surface area contributed by atoms with Crippen LogP contribution in [0, 0.1) is 5.92 Å². The Morgan fingerprint density at radius 3 is 1.95 bits per heavy atom. The number of hydrogen-bond acceptors (Lipinski definition) is 6. The third-order valence-electron chi connectivity index (χ3n) is 2.58. The number of aliphatic hydroxyl groups is 2. The molecule has 9 heteroatoms. The number of rotatable bonds is 8. The maximum absolute atomic E-state index is 11.9. The zero-order valence-corrected chi connectivity index (χ0v) is 11.4. The highest BCUT2D eigenvalue weighted by Gasteiger charge is 2.29. The Morgan fingerprint density at radius 1 is 1.05 bits per heavy atom. The Morgan fingerprint density at radius 2 is 1.60 bits per heavy atom. The van der Waals surface area contributed by atoms with Gasteiger partial charge in [-0.2, -0.15) is 0 Å². The van der Waals surface area contributed by atoms with E-state index < -0.39 is 49.1 Å². The van der Waals surface area contributed by atoms with Crippen molar-refractivity contribution in [2.75, 3.05) is 13.2 Å². The number of carboxylic acid groups (broad SMARTS) is 1. The van der Waals surface area contributed by atoms with Crippen LogP contribution in [-0.4, -0.2) is 64.4 Å². The molecule has 20 heavy (non-hydrogen) atoms. The standard InChI is InChI=1S/C11H21N3O6/c1-5(2)8(14-9(17)6(12)3-15)10(18)13-7(4-16)11(19)20/h5-8,15-16H,3-4,12H2,1-2H3,(H,13,18)(H,14,17)(H,19,20). The van der Waals surface area contributed by atoms with Crippen LogP contribution in [0.5, 0.6) is 0 Å². The Hall–Kier alpha value is -1.71. The fourth-order valence-electron chi connectivity index (χ4n) is 1.33. The molecular weight excluding hydrogens is 270 g/mol. The van der Waals surface area contributed by atoms with Gasteiger partial charge in [0.05, 0.1) is 13.2 Å². The minimum Gasteiger partial charge on any atom is -0.480 e. The number of carbonyl (C=O) groups is 3. The van der Waals surface area contributed by atoms with Gasteiger partial charge in [-0.15, -0.1) is 0 Å². The molecule has 0 aromatic rings. The summed E-state index contributed by atoms with van der Waals surface area (Å²) in [6, 6.07) is -3.64. The van der Waals surface area contributed by atoms with Crippen LogP contribution in [0.4, 0.5) is 0 Å². The van der Waals surface area contributed by atoms with E-state index in [1.807, 2.05) is 0 Å². The topological polar surface area (TPSA) is 162 Å². The number of nitrogens with one attached hydrogen (secondary N) is 2. The average Bonchev–Trinajstić information content (AvgIpc) is 2.39. The fourth-order valence-corrected chi connectivity index (χ4v) is 1.33. The molecular formula is C11H21N3O6. The van der Waals surface area contributed by atoms with E-state index in [2.05, 4.69) is 10.6 Å². The molecule has 116 valence electrons. The lowest BCUT2D eigenvalue weighted by molar-refractivity contribution is -0.143. The first kappa shape index (κ1) is 18.3. The van der Waals surface area contributed by atoms with Crippen molar-refractivity contribution >= 4 is 17.8 Å². The lowest BCUT2D eigenvalue weighted by Crippen LogP contribution is -2.57. The lowest BCUT2D eigenvalue weighted by Gasteiger charge is -2.24. The van der Waals surface area contributed by atoms with Crippen molar-refractivity contribution in [1.29, 1.82) is 0 Å². The number of aliphatic hydroxyl groups excluding tert-OH is 2. The molecule has 0 saturated heterocycles. The SMILES string of the molecule is CC(C)C(NC(=O)C(N)CO)C(=O)NC(CO)C(=O)O. The molecule has 0 rings (SSSR count). The maximum atomic E-state index is 11.9. The molecule has 0 aromatic heterocycles. The van der Waals surface area contributed by atoms with E-state index in [4.69, 9.17) is 21.1 Å². The largest absolute Gasteiger partial charge is 0.480 e. The van der Waals surface area contributed by atoms with Crippen LogP contribution >= 0.6 is 0 Å². The van der Waals surface area contributed by atoms with Crippen molar-refractivity contribution < 1.29 is 29.7 Å². The second-order valence-corrected chi connectivity index (χ2v) is 4.60. The summed E-state index contributed by atoms with van der Waals surface area (Å²) in [7, 11) is 0. The molecule has 0 saturated carbocycles. The monoisotopic (exact) mass is 291 g/mol. The van der Waals surface area contributed by atoms with Gasteiger partial charge in [0.25, 0.3) is 0 Å². The molecule has 0 aliphatic heterocycles. The summed E-state index contributed by atoms with van der Waals surface area (Å²) in [6.45, 7) is 1.94. The second kappa shape index (κ2) is 8.46. The average molecular weight is 291 g/mol. The van der Waals surface area contributed by atoms with Gasteiger partial charge in [-0.05, 0) is 5.92 Å². The molecule has 0 aromatic carbocycles. The number of carbonyl (C=O) groups excluding carboxylic acids is 2. The fraction of sp³-hybridized carbons (Fsp3) is 0.727. The van der Waals surface area contributed by atoms with Crippen LogP contribution in [0.1, 0.15) is 13.8 Å². The van der Waals surface area contributed by atoms with Crippen LogP contribution in [0.25, 0.3) is 0 Å². The van der Waals surface area contributed by atoms with E-state index in [1.165, 1.54) is 0 Å². The molecule has 0 aliphatic rings. The first-order chi connectivity index (χ1) is 9.24. The van der Waals surface area contributed by atoms with Crippen LogP contribution in [-0.2, 0) is 14.4 Å². The van der Waals surface area contributed by atoms with Gasteiger partial charge in [-0.25, -0.2) is 4.79 Å². The highest BCUT2D eigenvalue weighted by molar-refractivity contribution is 5.91. The zero-order valence-electron chi connectivity index (χ0n) is 11.4. The quantitative estimate of drug-likeness (QED) is 0.278. The van der Waals surface area contributed by atoms with Crippen LogP contribution in [0.3, 0.4) is 0 Å². The highest BCUT2D eigenvalue weighted by atomic mass is 16.4. The zero-order chi connectivity index (χ0) is 15.9. The molecule has 0 bridgehead atoms. The Bertz CT molecular complexity index is 360. The number of hydrogen-bond donors (Lipinski definition) is 6. The van der Waals surface area contributed by atoms with Crippen molar-refractivity contribution in [2.45, 2.75) is 32.0 Å². The summed E-state index contributed by atoms with van der Waals surface area (Å²) in [4.78, 5) is 34.2. The summed E-state index contributed by atoms with van der Waals surface area (Å²) in [5, 5.41) is 30.8. The molecule has 3 atom stereocenters. The third-order valence-corrected chi connectivity index (χ3v) is 2.58. The Labute approximate surface area is 116 Å². The van der Waals surface area contributed by atoms with Crippen LogP contribution in [0.2, 0.25) is 0 Å². The normalized spacial score (nSPS) is 15.3. The first-order valence-electron chi connectivity index (χ1n) is 6.05. The van der Waals surface area contributed by atoms with Gasteiger partial charge in [0, 0.05) is 0 Å². The lowest BCUT2D eigenvalue weighted by atomic mass is 10.0. The number of nitrogens with two attached hydrogens (primary N) is 1. The number of amides is 2. The summed E-state index contributed by atoms with van der Waals surface area (Å²) >= 11 is 0. The maximum Gasteiger partial charge on any atom is 0.328 e. The third kappa shape index (κ3) is 5.51. The highest BCUT2D eigenvalue weighted by Crippen LogP contribution is 2.03. The predicted molar refractivity (Wildman–Crippen MR) is 68.5 cm³/mol. The molecule has 0 fully saturated rings. The molecule has 2 amide bonds. The summed E-state index contributed by atoms with van der Waals surface area (Å²) in [6.07, 6.45) is 0. The van der Waals surface area contributed by atoms with Gasteiger partial charge in [0.1, 0.15) is 18.1 Å².